The lowest BCUT2D eigenvalue weighted by molar-refractivity contribution is -0.121. The minimum Gasteiger partial charge on any atom is -0.391 e. The van der Waals surface area contributed by atoms with Crippen molar-refractivity contribution < 1.29 is 19.0 Å². The molecule has 0 radical (unpaired) electrons. The lowest BCUT2D eigenvalue weighted by Gasteiger charge is -2.26. The number of hydrogen-bond acceptors (Lipinski definition) is 3. The zero-order valence-corrected chi connectivity index (χ0v) is 11.3. The van der Waals surface area contributed by atoms with Crippen molar-refractivity contribution in [3.8, 4) is 0 Å². The monoisotopic (exact) mass is 281 g/mol. The predicted octanol–water partition coefficient (Wildman–Crippen LogP) is 1.27. The van der Waals surface area contributed by atoms with Gasteiger partial charge < -0.3 is 15.2 Å². The second kappa shape index (κ2) is 7.36. The SMILES string of the molecule is O=C(Cc1cccc(F)c1)NCC(O)C1CCOCC1. The van der Waals surface area contributed by atoms with Gasteiger partial charge in [-0.1, -0.05) is 12.1 Å². The summed E-state index contributed by atoms with van der Waals surface area (Å²) in [5.74, 6) is -0.377. The second-order valence-electron chi connectivity index (χ2n) is 5.13. The first-order valence-electron chi connectivity index (χ1n) is 6.92. The van der Waals surface area contributed by atoms with E-state index in [1.165, 1.54) is 12.1 Å². The Kier molecular flexibility index (Phi) is 5.49. The van der Waals surface area contributed by atoms with E-state index in [4.69, 9.17) is 4.74 Å². The fourth-order valence-electron chi connectivity index (χ4n) is 2.38. The number of benzene rings is 1. The molecule has 0 spiro atoms. The Morgan fingerprint density at radius 1 is 1.45 bits per heavy atom. The van der Waals surface area contributed by atoms with Crippen molar-refractivity contribution in [1.29, 1.82) is 0 Å². The smallest absolute Gasteiger partial charge is 0.224 e. The third-order valence-corrected chi connectivity index (χ3v) is 3.57. The van der Waals surface area contributed by atoms with Crippen LogP contribution < -0.4 is 5.32 Å². The number of halogens is 1. The molecule has 0 bridgehead atoms. The quantitative estimate of drug-likeness (QED) is 0.854. The summed E-state index contributed by atoms with van der Waals surface area (Å²) in [4.78, 5) is 11.7. The highest BCUT2D eigenvalue weighted by atomic mass is 19.1. The molecule has 1 aliphatic rings. The summed E-state index contributed by atoms with van der Waals surface area (Å²) in [5.41, 5.74) is 0.628. The number of aliphatic hydroxyl groups is 1. The molecule has 0 saturated carbocycles. The van der Waals surface area contributed by atoms with Crippen molar-refractivity contribution in [2.45, 2.75) is 25.4 Å². The van der Waals surface area contributed by atoms with Crippen LogP contribution in [0.25, 0.3) is 0 Å². The van der Waals surface area contributed by atoms with Gasteiger partial charge in [0, 0.05) is 19.8 Å². The van der Waals surface area contributed by atoms with Crippen molar-refractivity contribution in [2.75, 3.05) is 19.8 Å². The van der Waals surface area contributed by atoms with Crippen molar-refractivity contribution in [2.24, 2.45) is 5.92 Å². The summed E-state index contributed by atoms with van der Waals surface area (Å²) in [5, 5.41) is 12.7. The van der Waals surface area contributed by atoms with Gasteiger partial charge in [0.05, 0.1) is 12.5 Å². The van der Waals surface area contributed by atoms with Crippen LogP contribution in [0.3, 0.4) is 0 Å². The summed E-state index contributed by atoms with van der Waals surface area (Å²) < 4.78 is 18.2. The first-order chi connectivity index (χ1) is 9.65. The van der Waals surface area contributed by atoms with Gasteiger partial charge in [-0.3, -0.25) is 4.79 Å². The van der Waals surface area contributed by atoms with Crippen LogP contribution in [0.5, 0.6) is 0 Å². The Morgan fingerprint density at radius 3 is 2.90 bits per heavy atom. The largest absolute Gasteiger partial charge is 0.391 e. The third-order valence-electron chi connectivity index (χ3n) is 3.57. The number of carbonyl (C=O) groups is 1. The molecule has 1 heterocycles. The molecule has 4 nitrogen and oxygen atoms in total. The predicted molar refractivity (Wildman–Crippen MR) is 72.7 cm³/mol. The van der Waals surface area contributed by atoms with E-state index in [2.05, 4.69) is 5.32 Å². The average molecular weight is 281 g/mol. The van der Waals surface area contributed by atoms with Gasteiger partial charge >= 0.3 is 0 Å². The number of hydrogen-bond donors (Lipinski definition) is 2. The van der Waals surface area contributed by atoms with Gasteiger partial charge in [-0.25, -0.2) is 4.39 Å². The van der Waals surface area contributed by atoms with Gasteiger partial charge in [-0.2, -0.15) is 0 Å². The zero-order chi connectivity index (χ0) is 14.4. The topological polar surface area (TPSA) is 58.6 Å². The molecule has 1 aromatic carbocycles. The summed E-state index contributed by atoms with van der Waals surface area (Å²) in [7, 11) is 0. The van der Waals surface area contributed by atoms with Crippen molar-refractivity contribution in [3.63, 3.8) is 0 Å². The van der Waals surface area contributed by atoms with Crippen LogP contribution in [-0.2, 0) is 16.0 Å². The summed E-state index contributed by atoms with van der Waals surface area (Å²) >= 11 is 0. The van der Waals surface area contributed by atoms with Crippen LogP contribution in [0.4, 0.5) is 4.39 Å². The van der Waals surface area contributed by atoms with E-state index in [9.17, 15) is 14.3 Å². The van der Waals surface area contributed by atoms with E-state index < -0.39 is 6.10 Å². The van der Waals surface area contributed by atoms with E-state index in [1.807, 2.05) is 0 Å². The number of aliphatic hydroxyl groups excluding tert-OH is 1. The standard InChI is InChI=1S/C15H20FNO3/c16-13-3-1-2-11(8-13)9-15(19)17-10-14(18)12-4-6-20-7-5-12/h1-3,8,12,14,18H,4-7,9-10H2,(H,17,19). The van der Waals surface area contributed by atoms with Gasteiger partial charge in [-0.05, 0) is 36.5 Å². The lowest BCUT2D eigenvalue weighted by atomic mass is 9.94. The van der Waals surface area contributed by atoms with Crippen LogP contribution in [0.15, 0.2) is 24.3 Å². The zero-order valence-electron chi connectivity index (χ0n) is 11.3. The van der Waals surface area contributed by atoms with E-state index >= 15 is 0 Å². The molecule has 110 valence electrons. The van der Waals surface area contributed by atoms with Gasteiger partial charge in [-0.15, -0.1) is 0 Å². The van der Waals surface area contributed by atoms with Gasteiger partial charge in [0.2, 0.25) is 5.91 Å². The van der Waals surface area contributed by atoms with Crippen molar-refractivity contribution in [3.05, 3.63) is 35.6 Å². The molecule has 0 aliphatic carbocycles. The van der Waals surface area contributed by atoms with Crippen LogP contribution >= 0.6 is 0 Å². The maximum Gasteiger partial charge on any atom is 0.224 e. The second-order valence-corrected chi connectivity index (χ2v) is 5.13. The van der Waals surface area contributed by atoms with Crippen LogP contribution in [0, 0.1) is 11.7 Å². The molecular weight excluding hydrogens is 261 g/mol. The molecule has 1 fully saturated rings. The first-order valence-corrected chi connectivity index (χ1v) is 6.92. The number of nitrogens with one attached hydrogen (secondary N) is 1. The van der Waals surface area contributed by atoms with Gasteiger partial charge in [0.1, 0.15) is 5.82 Å². The molecule has 1 atom stereocenters. The molecule has 1 aliphatic heterocycles. The normalized spacial score (nSPS) is 17.7. The molecule has 1 saturated heterocycles. The highest BCUT2D eigenvalue weighted by molar-refractivity contribution is 5.78. The first kappa shape index (κ1) is 14.9. The minimum atomic E-state index is -0.546. The van der Waals surface area contributed by atoms with Gasteiger partial charge in [0.25, 0.3) is 0 Å². The van der Waals surface area contributed by atoms with E-state index in [0.717, 1.165) is 12.8 Å². The molecule has 1 amide bonds. The van der Waals surface area contributed by atoms with Crippen LogP contribution in [0.2, 0.25) is 0 Å². The third kappa shape index (κ3) is 4.58. The molecule has 1 unspecified atom stereocenters. The van der Waals surface area contributed by atoms with E-state index in [0.29, 0.717) is 18.8 Å². The van der Waals surface area contributed by atoms with E-state index in [1.54, 1.807) is 12.1 Å². The Labute approximate surface area is 117 Å². The lowest BCUT2D eigenvalue weighted by Crippen LogP contribution is -2.38. The molecule has 20 heavy (non-hydrogen) atoms. The fourth-order valence-corrected chi connectivity index (χ4v) is 2.38. The molecule has 1 aromatic rings. The molecule has 5 heteroatoms. The Balaban J connectivity index is 1.74. The maximum absolute atomic E-state index is 13.0. The Bertz CT molecular complexity index is 446. The maximum atomic E-state index is 13.0. The fraction of sp³-hybridized carbons (Fsp3) is 0.533. The van der Waals surface area contributed by atoms with Gasteiger partial charge in [0.15, 0.2) is 0 Å². The number of carbonyl (C=O) groups excluding carboxylic acids is 1. The highest BCUT2D eigenvalue weighted by Crippen LogP contribution is 2.18. The van der Waals surface area contributed by atoms with E-state index in [-0.39, 0.29) is 30.6 Å². The minimum absolute atomic E-state index is 0.123. The van der Waals surface area contributed by atoms with Crippen molar-refractivity contribution >= 4 is 5.91 Å². The molecule has 2 N–H and O–H groups in total. The molecule has 0 aromatic heterocycles. The number of ether oxygens (including phenoxy) is 1. The number of amides is 1. The van der Waals surface area contributed by atoms with Crippen LogP contribution in [0.1, 0.15) is 18.4 Å². The summed E-state index contributed by atoms with van der Waals surface area (Å²) in [6, 6.07) is 5.97. The molecular formula is C15H20FNO3. The number of rotatable bonds is 5. The highest BCUT2D eigenvalue weighted by Gasteiger charge is 2.22. The summed E-state index contributed by atoms with van der Waals surface area (Å²) in [6.07, 6.45) is 1.22. The van der Waals surface area contributed by atoms with Crippen LogP contribution in [-0.4, -0.2) is 36.9 Å². The Morgan fingerprint density at radius 2 is 2.20 bits per heavy atom. The Hall–Kier alpha value is -1.46. The average Bonchev–Trinajstić information content (AvgIpc) is 2.46. The van der Waals surface area contributed by atoms with Crippen molar-refractivity contribution in [1.82, 2.24) is 5.32 Å². The molecule has 2 rings (SSSR count). The summed E-state index contributed by atoms with van der Waals surface area (Å²) in [6.45, 7) is 1.57.